The number of carbonyl (C=O) groups is 2. The first-order valence-electron chi connectivity index (χ1n) is 11.8. The van der Waals surface area contributed by atoms with Crippen molar-refractivity contribution in [2.45, 2.75) is 67.2 Å². The van der Waals surface area contributed by atoms with Crippen LogP contribution in [0.15, 0.2) is 28.0 Å². The number of piperidine rings is 1. The summed E-state index contributed by atoms with van der Waals surface area (Å²) in [5.74, 6) is 0.702. The fourth-order valence-electron chi connectivity index (χ4n) is 5.75. The van der Waals surface area contributed by atoms with E-state index in [0.717, 1.165) is 43.5 Å². The van der Waals surface area contributed by atoms with Gasteiger partial charge in [-0.05, 0) is 62.6 Å². The minimum atomic E-state index is -3.59. The summed E-state index contributed by atoms with van der Waals surface area (Å²) in [6.07, 6.45) is 8.59. The minimum absolute atomic E-state index is 0.0111. The van der Waals surface area contributed by atoms with E-state index in [4.69, 9.17) is 0 Å². The van der Waals surface area contributed by atoms with Crippen LogP contribution < -0.4 is 4.90 Å². The van der Waals surface area contributed by atoms with Crippen molar-refractivity contribution < 1.29 is 18.0 Å². The van der Waals surface area contributed by atoms with E-state index in [1.54, 1.807) is 18.2 Å². The van der Waals surface area contributed by atoms with Crippen LogP contribution in [0.4, 0.5) is 5.69 Å². The summed E-state index contributed by atoms with van der Waals surface area (Å²) in [5.41, 5.74) is 0.553. The lowest BCUT2D eigenvalue weighted by Crippen LogP contribution is -2.53. The minimum Gasteiger partial charge on any atom is -0.338 e. The number of hydrogen-bond donors (Lipinski definition) is 0. The van der Waals surface area contributed by atoms with Gasteiger partial charge in [0.15, 0.2) is 0 Å². The van der Waals surface area contributed by atoms with E-state index in [1.165, 1.54) is 40.2 Å². The van der Waals surface area contributed by atoms with Crippen molar-refractivity contribution in [2.75, 3.05) is 36.8 Å². The maximum atomic E-state index is 13.4. The van der Waals surface area contributed by atoms with E-state index in [1.807, 2.05) is 4.90 Å². The molecule has 2 unspecified atom stereocenters. The van der Waals surface area contributed by atoms with Crippen molar-refractivity contribution in [3.05, 3.63) is 18.2 Å². The van der Waals surface area contributed by atoms with Gasteiger partial charge in [0.2, 0.25) is 21.8 Å². The van der Waals surface area contributed by atoms with E-state index in [9.17, 15) is 18.0 Å². The normalized spacial score (nSPS) is 26.7. The molecular weight excluding hydrogens is 446 g/mol. The SMILES string of the molecule is O=C1CSc2ccc(S(=O)(=O)N3CCCC3)cc2N1CC(=O)N1CCCC2CCCCC21. The average molecular weight is 478 g/mol. The van der Waals surface area contributed by atoms with Crippen LogP contribution in [0.2, 0.25) is 0 Å². The number of nitrogens with zero attached hydrogens (tertiary/aromatic N) is 3. The highest BCUT2D eigenvalue weighted by atomic mass is 32.2. The first-order valence-corrected chi connectivity index (χ1v) is 14.2. The first-order chi connectivity index (χ1) is 15.4. The molecule has 2 saturated heterocycles. The second kappa shape index (κ2) is 8.99. The fourth-order valence-corrected chi connectivity index (χ4v) is 8.21. The summed E-state index contributed by atoms with van der Waals surface area (Å²) in [6.45, 7) is 1.81. The second-order valence-electron chi connectivity index (χ2n) is 9.35. The van der Waals surface area contributed by atoms with Crippen molar-refractivity contribution in [3.8, 4) is 0 Å². The van der Waals surface area contributed by atoms with Crippen LogP contribution in [0, 0.1) is 5.92 Å². The molecule has 0 N–H and O–H groups in total. The Balaban J connectivity index is 1.40. The van der Waals surface area contributed by atoms with E-state index in [2.05, 4.69) is 0 Å². The lowest BCUT2D eigenvalue weighted by atomic mass is 9.78. The third-order valence-corrected chi connectivity index (χ3v) is 10.4. The highest BCUT2D eigenvalue weighted by molar-refractivity contribution is 8.00. The Morgan fingerprint density at radius 1 is 1.00 bits per heavy atom. The summed E-state index contributed by atoms with van der Waals surface area (Å²) in [6, 6.07) is 5.30. The summed E-state index contributed by atoms with van der Waals surface area (Å²) < 4.78 is 27.7. The molecule has 1 aromatic rings. The van der Waals surface area contributed by atoms with Gasteiger partial charge in [0.1, 0.15) is 6.54 Å². The summed E-state index contributed by atoms with van der Waals surface area (Å²) in [7, 11) is -3.59. The van der Waals surface area contributed by atoms with Gasteiger partial charge in [-0.15, -0.1) is 11.8 Å². The zero-order valence-corrected chi connectivity index (χ0v) is 20.0. The van der Waals surface area contributed by atoms with Crippen molar-refractivity contribution in [3.63, 3.8) is 0 Å². The van der Waals surface area contributed by atoms with Crippen LogP contribution in [-0.4, -0.2) is 67.4 Å². The van der Waals surface area contributed by atoms with Gasteiger partial charge in [0, 0.05) is 30.6 Å². The van der Waals surface area contributed by atoms with Gasteiger partial charge in [0.05, 0.1) is 16.3 Å². The standard InChI is InChI=1S/C23H31N3O4S2/c27-22(25-13-5-7-17-6-1-2-8-19(17)25)15-26-20-14-18(9-10-21(20)31-16-23(26)28)32(29,30)24-11-3-4-12-24/h9-10,14,17,19H,1-8,11-13,15-16H2. The number of anilines is 1. The van der Waals surface area contributed by atoms with Crippen LogP contribution in [0.1, 0.15) is 51.4 Å². The Kier molecular flexibility index (Phi) is 6.24. The number of fused-ring (bicyclic) bond motifs is 2. The molecule has 1 aromatic carbocycles. The van der Waals surface area contributed by atoms with Crippen LogP contribution in [0.5, 0.6) is 0 Å². The molecule has 1 aliphatic carbocycles. The highest BCUT2D eigenvalue weighted by Gasteiger charge is 2.38. The third kappa shape index (κ3) is 4.07. The van der Waals surface area contributed by atoms with Crippen molar-refractivity contribution in [1.29, 1.82) is 0 Å². The van der Waals surface area contributed by atoms with Crippen LogP contribution in [0.25, 0.3) is 0 Å². The molecule has 3 heterocycles. The van der Waals surface area contributed by atoms with Gasteiger partial charge in [-0.25, -0.2) is 8.42 Å². The molecule has 0 aromatic heterocycles. The average Bonchev–Trinajstić information content (AvgIpc) is 3.36. The molecular formula is C23H31N3O4S2. The highest BCUT2D eigenvalue weighted by Crippen LogP contribution is 2.39. The second-order valence-corrected chi connectivity index (χ2v) is 12.3. The molecule has 1 saturated carbocycles. The van der Waals surface area contributed by atoms with Gasteiger partial charge >= 0.3 is 0 Å². The molecule has 2 atom stereocenters. The van der Waals surface area contributed by atoms with E-state index >= 15 is 0 Å². The smallest absolute Gasteiger partial charge is 0.243 e. The Bertz CT molecular complexity index is 1000. The first kappa shape index (κ1) is 22.2. The number of benzene rings is 1. The van der Waals surface area contributed by atoms with Gasteiger partial charge in [-0.2, -0.15) is 4.31 Å². The van der Waals surface area contributed by atoms with E-state index < -0.39 is 10.0 Å². The Morgan fingerprint density at radius 3 is 2.56 bits per heavy atom. The predicted molar refractivity (Wildman–Crippen MR) is 124 cm³/mol. The molecule has 9 heteroatoms. The number of hydrogen-bond acceptors (Lipinski definition) is 5. The zero-order chi connectivity index (χ0) is 22.3. The molecule has 2 amide bonds. The monoisotopic (exact) mass is 477 g/mol. The van der Waals surface area contributed by atoms with Gasteiger partial charge in [-0.3, -0.25) is 9.59 Å². The van der Waals surface area contributed by atoms with Crippen LogP contribution in [0.3, 0.4) is 0 Å². The van der Waals surface area contributed by atoms with Gasteiger partial charge in [-0.1, -0.05) is 12.8 Å². The van der Waals surface area contributed by atoms with E-state index in [0.29, 0.717) is 30.7 Å². The number of likely N-dealkylation sites (tertiary alicyclic amines) is 1. The largest absolute Gasteiger partial charge is 0.338 e. The number of sulfonamides is 1. The summed E-state index contributed by atoms with van der Waals surface area (Å²) in [4.78, 5) is 30.8. The lowest BCUT2D eigenvalue weighted by Gasteiger charge is -2.44. The lowest BCUT2D eigenvalue weighted by molar-refractivity contribution is -0.137. The topological polar surface area (TPSA) is 78.0 Å². The molecule has 5 rings (SSSR count). The molecule has 4 aliphatic rings. The molecule has 174 valence electrons. The molecule has 0 bridgehead atoms. The summed E-state index contributed by atoms with van der Waals surface area (Å²) in [5, 5.41) is 0. The Labute approximate surface area is 194 Å². The molecule has 0 spiro atoms. The van der Waals surface area contributed by atoms with Crippen molar-refractivity contribution in [2.24, 2.45) is 5.92 Å². The quantitative estimate of drug-likeness (QED) is 0.666. The van der Waals surface area contributed by atoms with Gasteiger partial charge in [0.25, 0.3) is 0 Å². The molecule has 3 fully saturated rings. The van der Waals surface area contributed by atoms with Gasteiger partial charge < -0.3 is 9.80 Å². The van der Waals surface area contributed by atoms with E-state index in [-0.39, 0.29) is 29.0 Å². The molecule has 7 nitrogen and oxygen atoms in total. The van der Waals surface area contributed by atoms with Crippen LogP contribution >= 0.6 is 11.8 Å². The fraction of sp³-hybridized carbons (Fsp3) is 0.652. The molecule has 3 aliphatic heterocycles. The Hall–Kier alpha value is -1.58. The zero-order valence-electron chi connectivity index (χ0n) is 18.4. The third-order valence-electron chi connectivity index (χ3n) is 7.43. The predicted octanol–water partition coefficient (Wildman–Crippen LogP) is 3.09. The van der Waals surface area contributed by atoms with Crippen molar-refractivity contribution in [1.82, 2.24) is 9.21 Å². The number of carbonyl (C=O) groups excluding carboxylic acids is 2. The van der Waals surface area contributed by atoms with Crippen molar-refractivity contribution >= 4 is 39.3 Å². The summed E-state index contributed by atoms with van der Waals surface area (Å²) >= 11 is 1.41. The number of thioether (sulfide) groups is 1. The number of rotatable bonds is 4. The number of amides is 2. The maximum absolute atomic E-state index is 13.4. The Morgan fingerprint density at radius 2 is 1.75 bits per heavy atom. The van der Waals surface area contributed by atoms with Crippen LogP contribution in [-0.2, 0) is 19.6 Å². The molecule has 32 heavy (non-hydrogen) atoms. The maximum Gasteiger partial charge on any atom is 0.243 e. The molecule has 0 radical (unpaired) electrons.